The molecule has 3 nitrogen and oxygen atoms in total. The molecule has 1 N–H and O–H groups in total. The lowest BCUT2D eigenvalue weighted by Crippen LogP contribution is -2.42. The molecule has 1 aliphatic heterocycles. The Morgan fingerprint density at radius 1 is 1.58 bits per heavy atom. The van der Waals surface area contributed by atoms with Crippen molar-refractivity contribution >= 4 is 17.5 Å². The van der Waals surface area contributed by atoms with E-state index in [1.807, 2.05) is 6.92 Å². The van der Waals surface area contributed by atoms with Crippen molar-refractivity contribution in [1.82, 2.24) is 10.2 Å². The summed E-state index contributed by atoms with van der Waals surface area (Å²) >= 11 is 5.85. The predicted octanol–water partition coefficient (Wildman–Crippen LogP) is 2.69. The molecule has 0 aromatic heterocycles. The minimum Gasteiger partial charge on any atom is -0.334 e. The Hall–Kier alpha value is -1.13. The van der Waals surface area contributed by atoms with E-state index in [2.05, 4.69) is 5.32 Å². The molecular weight excluding hydrogens is 267 g/mol. The minimum absolute atomic E-state index is 0.0628. The van der Waals surface area contributed by atoms with Crippen molar-refractivity contribution in [2.45, 2.75) is 25.8 Å². The number of benzene rings is 1. The summed E-state index contributed by atoms with van der Waals surface area (Å²) < 4.78 is 13.8. The number of hydrogen-bond acceptors (Lipinski definition) is 2. The van der Waals surface area contributed by atoms with E-state index in [0.717, 1.165) is 25.9 Å². The van der Waals surface area contributed by atoms with Crippen LogP contribution in [0.1, 0.15) is 30.1 Å². The van der Waals surface area contributed by atoms with Gasteiger partial charge in [0.1, 0.15) is 5.82 Å². The van der Waals surface area contributed by atoms with E-state index in [1.165, 1.54) is 18.2 Å². The van der Waals surface area contributed by atoms with Gasteiger partial charge in [-0.15, -0.1) is 0 Å². The van der Waals surface area contributed by atoms with Crippen LogP contribution in [0.15, 0.2) is 18.2 Å². The SMILES string of the molecule is CCCN(C(=O)c1cc(Cl)ccc1F)C1CCNC1. The first-order valence-electron chi connectivity index (χ1n) is 6.60. The molecule has 1 unspecified atom stereocenters. The maximum Gasteiger partial charge on any atom is 0.257 e. The quantitative estimate of drug-likeness (QED) is 0.922. The highest BCUT2D eigenvalue weighted by molar-refractivity contribution is 6.31. The van der Waals surface area contributed by atoms with Crippen LogP contribution >= 0.6 is 11.6 Å². The highest BCUT2D eigenvalue weighted by Gasteiger charge is 2.28. The van der Waals surface area contributed by atoms with E-state index in [9.17, 15) is 9.18 Å². The second kappa shape index (κ2) is 6.35. The third-order valence-electron chi connectivity index (χ3n) is 3.36. The molecule has 0 radical (unpaired) electrons. The molecule has 1 atom stereocenters. The second-order valence-electron chi connectivity index (χ2n) is 4.77. The molecule has 104 valence electrons. The molecule has 0 aliphatic carbocycles. The van der Waals surface area contributed by atoms with Crippen LogP contribution < -0.4 is 5.32 Å². The molecule has 1 aromatic rings. The van der Waals surface area contributed by atoms with Gasteiger partial charge >= 0.3 is 0 Å². The molecule has 1 amide bonds. The molecule has 1 heterocycles. The third kappa shape index (κ3) is 3.25. The zero-order valence-corrected chi connectivity index (χ0v) is 11.7. The Bertz CT molecular complexity index is 461. The molecule has 5 heteroatoms. The summed E-state index contributed by atoms with van der Waals surface area (Å²) in [5, 5.41) is 3.61. The molecule has 1 aromatic carbocycles. The van der Waals surface area contributed by atoms with Crippen LogP contribution in [-0.4, -0.2) is 36.5 Å². The standard InChI is InChI=1S/C14H18ClFN2O/c1-2-7-18(11-5-6-17-9-11)14(19)12-8-10(15)3-4-13(12)16/h3-4,8,11,17H,2,5-7,9H2,1H3. The molecule has 19 heavy (non-hydrogen) atoms. The van der Waals surface area contributed by atoms with E-state index in [0.29, 0.717) is 11.6 Å². The van der Waals surface area contributed by atoms with Gasteiger partial charge in [-0.3, -0.25) is 4.79 Å². The van der Waals surface area contributed by atoms with Crippen LogP contribution in [0.4, 0.5) is 4.39 Å². The summed E-state index contributed by atoms with van der Waals surface area (Å²) in [5.41, 5.74) is 0.0628. The normalized spacial score (nSPS) is 18.6. The van der Waals surface area contributed by atoms with Crippen molar-refractivity contribution in [3.05, 3.63) is 34.6 Å². The predicted molar refractivity (Wildman–Crippen MR) is 74.0 cm³/mol. The Balaban J connectivity index is 2.25. The minimum atomic E-state index is -0.513. The van der Waals surface area contributed by atoms with Gasteiger partial charge in [-0.05, 0) is 37.6 Å². The largest absolute Gasteiger partial charge is 0.334 e. The number of nitrogens with one attached hydrogen (secondary N) is 1. The van der Waals surface area contributed by atoms with Crippen molar-refractivity contribution < 1.29 is 9.18 Å². The van der Waals surface area contributed by atoms with Gasteiger partial charge in [-0.2, -0.15) is 0 Å². The Morgan fingerprint density at radius 2 is 2.37 bits per heavy atom. The molecular formula is C14H18ClFN2O. The van der Waals surface area contributed by atoms with Crippen LogP contribution in [-0.2, 0) is 0 Å². The summed E-state index contributed by atoms with van der Waals surface area (Å²) in [5.74, 6) is -0.781. The molecule has 1 aliphatic rings. The van der Waals surface area contributed by atoms with Gasteiger partial charge < -0.3 is 10.2 Å². The second-order valence-corrected chi connectivity index (χ2v) is 5.21. The van der Waals surface area contributed by atoms with Gasteiger partial charge in [0.15, 0.2) is 0 Å². The number of rotatable bonds is 4. The van der Waals surface area contributed by atoms with Crippen molar-refractivity contribution in [1.29, 1.82) is 0 Å². The average molecular weight is 285 g/mol. The number of halogens is 2. The van der Waals surface area contributed by atoms with Gasteiger partial charge in [0.25, 0.3) is 5.91 Å². The van der Waals surface area contributed by atoms with E-state index in [-0.39, 0.29) is 17.5 Å². The van der Waals surface area contributed by atoms with E-state index in [4.69, 9.17) is 11.6 Å². The molecule has 0 saturated carbocycles. The fourth-order valence-electron chi connectivity index (χ4n) is 2.41. The summed E-state index contributed by atoms with van der Waals surface area (Å²) in [4.78, 5) is 14.3. The van der Waals surface area contributed by atoms with Crippen LogP contribution in [0.3, 0.4) is 0 Å². The number of carbonyl (C=O) groups excluding carboxylic acids is 1. The molecule has 0 spiro atoms. The molecule has 0 bridgehead atoms. The van der Waals surface area contributed by atoms with Gasteiger partial charge in [0.05, 0.1) is 5.56 Å². The molecule has 1 saturated heterocycles. The highest BCUT2D eigenvalue weighted by atomic mass is 35.5. The Kier molecular flexibility index (Phi) is 4.77. The van der Waals surface area contributed by atoms with Crippen molar-refractivity contribution in [3.63, 3.8) is 0 Å². The van der Waals surface area contributed by atoms with Gasteiger partial charge in [-0.1, -0.05) is 18.5 Å². The smallest absolute Gasteiger partial charge is 0.257 e. The van der Waals surface area contributed by atoms with Crippen molar-refractivity contribution in [3.8, 4) is 0 Å². The van der Waals surface area contributed by atoms with Crippen LogP contribution in [0.5, 0.6) is 0 Å². The fourth-order valence-corrected chi connectivity index (χ4v) is 2.58. The van der Waals surface area contributed by atoms with Crippen LogP contribution in [0.2, 0.25) is 5.02 Å². The van der Waals surface area contributed by atoms with E-state index >= 15 is 0 Å². The number of nitrogens with zero attached hydrogens (tertiary/aromatic N) is 1. The maximum atomic E-state index is 13.8. The van der Waals surface area contributed by atoms with Crippen molar-refractivity contribution in [2.75, 3.05) is 19.6 Å². The zero-order valence-electron chi connectivity index (χ0n) is 11.0. The fraction of sp³-hybridized carbons (Fsp3) is 0.500. The van der Waals surface area contributed by atoms with Gasteiger partial charge in [-0.25, -0.2) is 4.39 Å². The average Bonchev–Trinajstić information content (AvgIpc) is 2.92. The lowest BCUT2D eigenvalue weighted by molar-refractivity contribution is 0.0687. The van der Waals surface area contributed by atoms with Crippen molar-refractivity contribution in [2.24, 2.45) is 0 Å². The first-order chi connectivity index (χ1) is 9.13. The topological polar surface area (TPSA) is 32.3 Å². The van der Waals surface area contributed by atoms with E-state index < -0.39 is 5.82 Å². The van der Waals surface area contributed by atoms with Gasteiger partial charge in [0.2, 0.25) is 0 Å². The number of hydrogen-bond donors (Lipinski definition) is 1. The first kappa shape index (κ1) is 14.3. The third-order valence-corrected chi connectivity index (χ3v) is 3.59. The van der Waals surface area contributed by atoms with Crippen LogP contribution in [0.25, 0.3) is 0 Å². The monoisotopic (exact) mass is 284 g/mol. The Morgan fingerprint density at radius 3 is 3.00 bits per heavy atom. The molecule has 2 rings (SSSR count). The number of carbonyl (C=O) groups is 1. The lowest BCUT2D eigenvalue weighted by Gasteiger charge is -2.28. The zero-order chi connectivity index (χ0) is 13.8. The summed E-state index contributed by atoms with van der Waals surface area (Å²) in [6.07, 6.45) is 1.76. The first-order valence-corrected chi connectivity index (χ1v) is 6.98. The number of amides is 1. The molecule has 1 fully saturated rings. The maximum absolute atomic E-state index is 13.8. The van der Waals surface area contributed by atoms with Gasteiger partial charge in [0, 0.05) is 24.2 Å². The Labute approximate surface area is 117 Å². The summed E-state index contributed by atoms with van der Waals surface area (Å²) in [7, 11) is 0. The highest BCUT2D eigenvalue weighted by Crippen LogP contribution is 2.19. The van der Waals surface area contributed by atoms with E-state index in [1.54, 1.807) is 4.90 Å². The summed E-state index contributed by atoms with van der Waals surface area (Å²) in [6.45, 7) is 4.32. The lowest BCUT2D eigenvalue weighted by atomic mass is 10.1. The summed E-state index contributed by atoms with van der Waals surface area (Å²) in [6, 6.07) is 4.25. The van der Waals surface area contributed by atoms with Crippen LogP contribution in [0, 0.1) is 5.82 Å².